The fourth-order valence-corrected chi connectivity index (χ4v) is 3.86. The van der Waals surface area contributed by atoms with Crippen molar-refractivity contribution in [3.63, 3.8) is 0 Å². The van der Waals surface area contributed by atoms with Crippen LogP contribution in [0, 0.1) is 27.7 Å². The molecule has 0 aliphatic carbocycles. The predicted octanol–water partition coefficient (Wildman–Crippen LogP) is 3.39. The van der Waals surface area contributed by atoms with Crippen molar-refractivity contribution in [2.24, 2.45) is 0 Å². The highest BCUT2D eigenvalue weighted by molar-refractivity contribution is 6.01. The van der Waals surface area contributed by atoms with Gasteiger partial charge in [0.25, 0.3) is 5.91 Å². The summed E-state index contributed by atoms with van der Waals surface area (Å²) in [5, 5.41) is 0. The molecule has 1 N–H and O–H groups in total. The molecule has 0 bridgehead atoms. The van der Waals surface area contributed by atoms with E-state index < -0.39 is 5.97 Å². The number of aryl methyl sites for hydroxylation is 2. The van der Waals surface area contributed by atoms with Gasteiger partial charge in [0.15, 0.2) is 0 Å². The minimum atomic E-state index is -0.415. The van der Waals surface area contributed by atoms with E-state index in [1.165, 1.54) is 16.8 Å². The third-order valence-electron chi connectivity index (χ3n) is 5.61. The number of hydrogen-bond donors (Lipinski definition) is 1. The third kappa shape index (κ3) is 3.63. The lowest BCUT2D eigenvalue weighted by molar-refractivity contribution is 0.0519. The van der Waals surface area contributed by atoms with Gasteiger partial charge in [0.05, 0.1) is 12.2 Å². The van der Waals surface area contributed by atoms with E-state index in [4.69, 9.17) is 4.74 Å². The number of aromatic nitrogens is 1. The van der Waals surface area contributed by atoms with Crippen molar-refractivity contribution in [2.45, 2.75) is 34.6 Å². The Kier molecular flexibility index (Phi) is 5.77. The summed E-state index contributed by atoms with van der Waals surface area (Å²) in [5.41, 5.74) is 6.14. The minimum Gasteiger partial charge on any atom is -0.461 e. The number of piperazine rings is 1. The largest absolute Gasteiger partial charge is 0.461 e. The van der Waals surface area contributed by atoms with Crippen molar-refractivity contribution in [1.82, 2.24) is 9.88 Å². The van der Waals surface area contributed by atoms with E-state index >= 15 is 0 Å². The number of benzene rings is 1. The highest BCUT2D eigenvalue weighted by Gasteiger charge is 2.28. The van der Waals surface area contributed by atoms with Crippen molar-refractivity contribution in [3.8, 4) is 0 Å². The second-order valence-corrected chi connectivity index (χ2v) is 7.34. The number of esters is 1. The number of anilines is 1. The number of nitrogens with one attached hydrogen (secondary N) is 1. The summed E-state index contributed by atoms with van der Waals surface area (Å²) in [5.74, 6) is -0.440. The molecule has 1 aliphatic rings. The van der Waals surface area contributed by atoms with Crippen LogP contribution in [-0.4, -0.2) is 54.5 Å². The number of H-pyrrole nitrogens is 1. The Balaban J connectivity index is 1.74. The summed E-state index contributed by atoms with van der Waals surface area (Å²) in [4.78, 5) is 32.5. The fourth-order valence-electron chi connectivity index (χ4n) is 3.86. The topological polar surface area (TPSA) is 65.6 Å². The molecule has 1 aromatic carbocycles. The Morgan fingerprint density at radius 2 is 1.71 bits per heavy atom. The molecule has 3 rings (SSSR count). The standard InChI is InChI=1S/C22H29N3O3/c1-6-28-22(27)20-16(4)19(17(5)23-20)21(26)25-12-10-24(11-13-25)18-9-7-8-14(2)15(18)3/h7-9,23H,6,10-13H2,1-5H3. The molecule has 1 amide bonds. The fraction of sp³-hybridized carbons (Fsp3) is 0.455. The summed E-state index contributed by atoms with van der Waals surface area (Å²) in [6.45, 7) is 12.9. The van der Waals surface area contributed by atoms with Crippen LogP contribution in [0.1, 0.15) is 50.2 Å². The first-order valence-corrected chi connectivity index (χ1v) is 9.81. The predicted molar refractivity (Wildman–Crippen MR) is 110 cm³/mol. The van der Waals surface area contributed by atoms with Crippen molar-refractivity contribution < 1.29 is 14.3 Å². The molecule has 0 radical (unpaired) electrons. The number of rotatable bonds is 4. The average molecular weight is 383 g/mol. The molecule has 1 saturated heterocycles. The molecule has 6 heteroatoms. The number of aromatic amines is 1. The molecule has 150 valence electrons. The maximum absolute atomic E-state index is 13.1. The molecule has 0 saturated carbocycles. The Hall–Kier alpha value is -2.76. The van der Waals surface area contributed by atoms with Crippen LogP contribution in [0.5, 0.6) is 0 Å². The summed E-state index contributed by atoms with van der Waals surface area (Å²) in [7, 11) is 0. The highest BCUT2D eigenvalue weighted by Crippen LogP contribution is 2.25. The van der Waals surface area contributed by atoms with Crippen molar-refractivity contribution >= 4 is 17.6 Å². The van der Waals surface area contributed by atoms with Crippen LogP contribution in [0.15, 0.2) is 18.2 Å². The molecule has 0 unspecified atom stereocenters. The SMILES string of the molecule is CCOC(=O)c1[nH]c(C)c(C(=O)N2CCN(c3cccc(C)c3C)CC2)c1C. The van der Waals surface area contributed by atoms with E-state index in [2.05, 4.69) is 41.9 Å². The number of hydrogen-bond acceptors (Lipinski definition) is 4. The first-order valence-electron chi connectivity index (χ1n) is 9.81. The van der Waals surface area contributed by atoms with Crippen LogP contribution in [-0.2, 0) is 4.74 Å². The zero-order chi connectivity index (χ0) is 20.4. The van der Waals surface area contributed by atoms with E-state index in [9.17, 15) is 9.59 Å². The summed E-state index contributed by atoms with van der Waals surface area (Å²) in [6, 6.07) is 6.35. The second kappa shape index (κ2) is 8.09. The maximum Gasteiger partial charge on any atom is 0.355 e. The molecule has 1 aromatic heterocycles. The van der Waals surface area contributed by atoms with Gasteiger partial charge in [-0.25, -0.2) is 4.79 Å². The average Bonchev–Trinajstić information content (AvgIpc) is 2.98. The monoisotopic (exact) mass is 383 g/mol. The van der Waals surface area contributed by atoms with Crippen molar-refractivity contribution in [1.29, 1.82) is 0 Å². The molecule has 2 aromatic rings. The van der Waals surface area contributed by atoms with Crippen LogP contribution in [0.3, 0.4) is 0 Å². The molecule has 1 fully saturated rings. The van der Waals surface area contributed by atoms with Gasteiger partial charge in [0, 0.05) is 37.6 Å². The van der Waals surface area contributed by atoms with Crippen molar-refractivity contribution in [3.05, 3.63) is 51.8 Å². The highest BCUT2D eigenvalue weighted by atomic mass is 16.5. The van der Waals surface area contributed by atoms with Gasteiger partial charge in [-0.1, -0.05) is 12.1 Å². The lowest BCUT2D eigenvalue weighted by Crippen LogP contribution is -2.49. The molecule has 0 spiro atoms. The minimum absolute atomic E-state index is 0.0255. The number of amides is 1. The Labute approximate surface area is 166 Å². The Morgan fingerprint density at radius 3 is 2.36 bits per heavy atom. The molecule has 6 nitrogen and oxygen atoms in total. The van der Waals surface area contributed by atoms with E-state index in [-0.39, 0.29) is 5.91 Å². The van der Waals surface area contributed by atoms with Crippen LogP contribution >= 0.6 is 0 Å². The number of carbonyl (C=O) groups is 2. The maximum atomic E-state index is 13.1. The lowest BCUT2D eigenvalue weighted by Gasteiger charge is -2.37. The number of ether oxygens (including phenoxy) is 1. The van der Waals surface area contributed by atoms with Gasteiger partial charge in [0.2, 0.25) is 0 Å². The zero-order valence-electron chi connectivity index (χ0n) is 17.4. The molecule has 28 heavy (non-hydrogen) atoms. The normalized spacial score (nSPS) is 14.3. The summed E-state index contributed by atoms with van der Waals surface area (Å²) < 4.78 is 5.08. The van der Waals surface area contributed by atoms with Gasteiger partial charge in [0.1, 0.15) is 5.69 Å². The Morgan fingerprint density at radius 1 is 1.04 bits per heavy atom. The van der Waals surface area contributed by atoms with Gasteiger partial charge < -0.3 is 19.5 Å². The number of carbonyl (C=O) groups excluding carboxylic acids is 2. The van der Waals surface area contributed by atoms with Crippen LogP contribution in [0.2, 0.25) is 0 Å². The quantitative estimate of drug-likeness (QED) is 0.822. The zero-order valence-corrected chi connectivity index (χ0v) is 17.4. The molecule has 2 heterocycles. The second-order valence-electron chi connectivity index (χ2n) is 7.34. The van der Waals surface area contributed by atoms with Gasteiger partial charge in [-0.15, -0.1) is 0 Å². The summed E-state index contributed by atoms with van der Waals surface area (Å²) in [6.07, 6.45) is 0. The molecule has 1 aliphatic heterocycles. The first-order chi connectivity index (χ1) is 13.3. The molecular weight excluding hydrogens is 354 g/mol. The van der Waals surface area contributed by atoms with Gasteiger partial charge >= 0.3 is 5.97 Å². The van der Waals surface area contributed by atoms with Gasteiger partial charge in [-0.05, 0) is 57.4 Å². The lowest BCUT2D eigenvalue weighted by atomic mass is 10.1. The number of nitrogens with zero attached hydrogens (tertiary/aromatic N) is 2. The van der Waals surface area contributed by atoms with Crippen LogP contribution < -0.4 is 4.90 Å². The first kappa shape index (κ1) is 20.0. The van der Waals surface area contributed by atoms with E-state index in [1.54, 1.807) is 13.8 Å². The van der Waals surface area contributed by atoms with E-state index in [1.807, 2.05) is 11.8 Å². The van der Waals surface area contributed by atoms with E-state index in [0.717, 1.165) is 13.1 Å². The Bertz CT molecular complexity index is 893. The van der Waals surface area contributed by atoms with Crippen LogP contribution in [0.25, 0.3) is 0 Å². The van der Waals surface area contributed by atoms with E-state index in [0.29, 0.717) is 42.2 Å². The third-order valence-corrected chi connectivity index (χ3v) is 5.61. The summed E-state index contributed by atoms with van der Waals surface area (Å²) >= 11 is 0. The van der Waals surface area contributed by atoms with Crippen molar-refractivity contribution in [2.75, 3.05) is 37.7 Å². The van der Waals surface area contributed by atoms with Crippen LogP contribution in [0.4, 0.5) is 5.69 Å². The van der Waals surface area contributed by atoms with Gasteiger partial charge in [-0.3, -0.25) is 4.79 Å². The molecular formula is C22H29N3O3. The van der Waals surface area contributed by atoms with Gasteiger partial charge in [-0.2, -0.15) is 0 Å². The molecule has 0 atom stereocenters. The smallest absolute Gasteiger partial charge is 0.355 e.